The summed E-state index contributed by atoms with van der Waals surface area (Å²) in [6.45, 7) is 20.1. The van der Waals surface area contributed by atoms with Gasteiger partial charge in [-0.15, -0.1) is 0 Å². The molecule has 0 aromatic carbocycles. The van der Waals surface area contributed by atoms with Gasteiger partial charge in [0.15, 0.2) is 0 Å². The fraction of sp³-hybridized carbons (Fsp3) is 0.680. The minimum absolute atomic E-state index is 0.0140. The second-order valence-electron chi connectivity index (χ2n) is 25.9. The second-order valence-corrected chi connectivity index (χ2v) is 29.1. The summed E-state index contributed by atoms with van der Waals surface area (Å²) in [7, 11) is 1.78. The number of hydrogen-bond donors (Lipinski definition) is 1. The molecule has 8 rings (SSSR count). The van der Waals surface area contributed by atoms with Crippen LogP contribution in [0, 0.1) is 11.8 Å². The number of methoxy groups -OCH3 is 4. The Morgan fingerprint density at radius 3 is 1.03 bits per heavy atom. The van der Waals surface area contributed by atoms with E-state index < -0.39 is 34.0 Å². The van der Waals surface area contributed by atoms with Gasteiger partial charge in [0.05, 0.1) is 181 Å². The molecule has 2 aliphatic heterocycles. The largest absolute Gasteiger partial charge is 0.464 e. The van der Waals surface area contributed by atoms with E-state index in [-0.39, 0.29) is 59.7 Å². The third-order valence-electron chi connectivity index (χ3n) is 17.5. The van der Waals surface area contributed by atoms with E-state index in [2.05, 4.69) is 66.0 Å². The lowest BCUT2D eigenvalue weighted by Crippen LogP contribution is -2.36. The quantitative estimate of drug-likeness (QED) is 0.0226. The van der Waals surface area contributed by atoms with Crippen LogP contribution in [0.3, 0.4) is 0 Å². The zero-order valence-electron chi connectivity index (χ0n) is 63.7. The number of carbonyl (C=O) groups is 4. The fourth-order valence-electron chi connectivity index (χ4n) is 12.1. The molecule has 4 aliphatic rings. The van der Waals surface area contributed by atoms with E-state index in [1.165, 1.54) is 28.4 Å². The van der Waals surface area contributed by atoms with Crippen LogP contribution in [-0.2, 0) is 107 Å². The van der Waals surface area contributed by atoms with Crippen LogP contribution in [0.4, 0.5) is 0 Å². The molecule has 0 spiro atoms. The molecule has 2 saturated heterocycles. The van der Waals surface area contributed by atoms with Crippen LogP contribution in [0.15, 0.2) is 72.8 Å². The average Bonchev–Trinajstić information content (AvgIpc) is 1.80. The number of esters is 4. The van der Waals surface area contributed by atoms with E-state index in [0.29, 0.717) is 188 Å². The number of carbonyl (C=O) groups excluding carboxylic acids is 4. The van der Waals surface area contributed by atoms with Crippen LogP contribution in [0.2, 0.25) is 0 Å². The number of fused-ring (bicyclic) bond motifs is 2. The van der Waals surface area contributed by atoms with Gasteiger partial charge in [-0.3, -0.25) is 23.8 Å². The van der Waals surface area contributed by atoms with E-state index in [1.54, 1.807) is 36.4 Å². The molecule has 6 heterocycles. The highest BCUT2D eigenvalue weighted by molar-refractivity contribution is 7.99. The van der Waals surface area contributed by atoms with Crippen LogP contribution in [-0.4, -0.2) is 313 Å². The smallest absolute Gasteiger partial charge is 0.356 e. The number of pyridine rings is 4. The summed E-state index contributed by atoms with van der Waals surface area (Å²) in [5, 5.41) is 0. The number of ether oxygens (including phenoxy) is 14. The lowest BCUT2D eigenvalue weighted by atomic mass is 10.1. The highest BCUT2D eigenvalue weighted by atomic mass is 32.2. The third kappa shape index (κ3) is 36.9. The third-order valence-corrected chi connectivity index (χ3v) is 19.4. The molecule has 4 fully saturated rings. The summed E-state index contributed by atoms with van der Waals surface area (Å²) in [6.07, 6.45) is 5.70. The zero-order chi connectivity index (χ0) is 76.7. The van der Waals surface area contributed by atoms with Crippen molar-refractivity contribution in [3.63, 3.8) is 0 Å². The van der Waals surface area contributed by atoms with Gasteiger partial charge in [0.2, 0.25) is 0 Å². The number of thioether (sulfide) groups is 1. The van der Waals surface area contributed by atoms with Gasteiger partial charge in [0.1, 0.15) is 22.8 Å². The van der Waals surface area contributed by atoms with E-state index >= 15 is 0 Å². The Morgan fingerprint density at radius 1 is 0.439 bits per heavy atom. The molecule has 4 aromatic rings. The maximum Gasteiger partial charge on any atom is 0.356 e. The van der Waals surface area contributed by atoms with E-state index in [0.717, 1.165) is 87.0 Å². The lowest BCUT2D eigenvalue weighted by molar-refractivity contribution is -0.0669. The summed E-state index contributed by atoms with van der Waals surface area (Å²) in [5.74, 6) is 1.40. The van der Waals surface area contributed by atoms with E-state index in [1.807, 2.05) is 48.2 Å². The van der Waals surface area contributed by atoms with Crippen LogP contribution < -0.4 is 0 Å². The minimum Gasteiger partial charge on any atom is -0.464 e. The van der Waals surface area contributed by atoms with Crippen molar-refractivity contribution in [1.29, 1.82) is 0 Å². The van der Waals surface area contributed by atoms with Gasteiger partial charge in [-0.05, 0) is 105 Å². The van der Waals surface area contributed by atoms with Crippen molar-refractivity contribution in [3.05, 3.63) is 118 Å². The molecule has 29 nitrogen and oxygen atoms in total. The summed E-state index contributed by atoms with van der Waals surface area (Å²) >= 11 is 5.91. The van der Waals surface area contributed by atoms with Crippen molar-refractivity contribution in [2.45, 2.75) is 103 Å². The molecule has 2 saturated carbocycles. The lowest BCUT2D eigenvalue weighted by Gasteiger charge is -2.27. The van der Waals surface area contributed by atoms with Crippen LogP contribution in [0.5, 0.6) is 0 Å². The molecule has 600 valence electrons. The molecule has 4 aromatic heterocycles. The van der Waals surface area contributed by atoms with Crippen molar-refractivity contribution in [2.75, 3.05) is 217 Å². The topological polar surface area (TPSA) is 305 Å². The standard InChI is InChI=1S/C37H56N4O9S.C33H48N4O11S.C5H12OS/c1-4-15-46-22-23-51-28-29-24-34-35(25-29)50-19-14-41(27-31-8-6-10-33(39-31)37(43)45-3)12-17-48-21-20-47-16-11-40(13-18-49-34)26-30-7-5-9-32(38-30)36(42)44-2;1-42-32(38)28-8-4-6-26(34-28)22-36-10-14-44-18-19-45-15-11-37(23-27-7-5-9-29(35-27)33(39)43-2)13-17-47-31-21-25(24-48-49(3,40)41)20-30(31)46-16-12-36;1-2-3-6-4-5-7/h5-10,29,34-35H,4,11-28H2,1-3H3;4-9,25,30-31H,10-24H2,1-3H3;7H,2-5H2,1H3. The van der Waals surface area contributed by atoms with Gasteiger partial charge in [0.25, 0.3) is 10.1 Å². The average molecular weight is 1560 g/mol. The van der Waals surface area contributed by atoms with Crippen molar-refractivity contribution >= 4 is 58.4 Å². The SMILES string of the molecule is CCCOCCS.CCCOCCSCC1CC2OCCN(Cc3cccc(C(=O)OC)n3)CCOCCOCCN(Cc3cccc(C(=O)OC)n3)CCOC2C1.COC(=O)c1cccc(CN2CCOCCOCCN(Cc3cccc(C(=O)OC)n3)CCOC3CC(COS(C)(=O)=O)CC3OCC2)n1. The Bertz CT molecular complexity index is 3080. The Balaban J connectivity index is 0.000000307. The molecule has 107 heavy (non-hydrogen) atoms. The molecule has 0 bridgehead atoms. The van der Waals surface area contributed by atoms with Gasteiger partial charge in [-0.2, -0.15) is 32.8 Å². The van der Waals surface area contributed by atoms with Crippen molar-refractivity contribution < 1.29 is 98.1 Å². The number of thiol groups is 1. The number of nitrogens with zero attached hydrogens (tertiary/aromatic N) is 8. The first kappa shape index (κ1) is 90.4. The normalized spacial score (nSPS) is 21.6. The summed E-state index contributed by atoms with van der Waals surface area (Å²) in [6, 6.07) is 21.3. The Kier molecular flexibility index (Phi) is 45.1. The van der Waals surface area contributed by atoms with E-state index in [4.69, 9.17) is 70.5 Å². The molecule has 32 heteroatoms. The van der Waals surface area contributed by atoms with Crippen molar-refractivity contribution in [1.82, 2.24) is 39.5 Å². The molecule has 4 unspecified atom stereocenters. The fourth-order valence-corrected chi connectivity index (χ4v) is 13.7. The first-order chi connectivity index (χ1) is 52.0. The second kappa shape index (κ2) is 53.4. The van der Waals surface area contributed by atoms with Gasteiger partial charge in [0, 0.05) is 103 Å². The predicted molar refractivity (Wildman–Crippen MR) is 405 cm³/mol. The van der Waals surface area contributed by atoms with Gasteiger partial charge < -0.3 is 66.3 Å². The van der Waals surface area contributed by atoms with Crippen LogP contribution in [0.1, 0.15) is 117 Å². The summed E-state index contributed by atoms with van der Waals surface area (Å²) in [4.78, 5) is 74.9. The van der Waals surface area contributed by atoms with Crippen LogP contribution in [0.25, 0.3) is 0 Å². The predicted octanol–water partition coefficient (Wildman–Crippen LogP) is 6.64. The van der Waals surface area contributed by atoms with Gasteiger partial charge >= 0.3 is 23.9 Å². The minimum atomic E-state index is -3.58. The van der Waals surface area contributed by atoms with Crippen LogP contribution >= 0.6 is 24.4 Å². The molecule has 4 atom stereocenters. The Labute approximate surface area is 642 Å². The molecule has 0 amide bonds. The number of rotatable bonds is 26. The summed E-state index contributed by atoms with van der Waals surface area (Å²) < 4.78 is 108. The highest BCUT2D eigenvalue weighted by Gasteiger charge is 2.38. The number of aromatic nitrogens is 4. The first-order valence-electron chi connectivity index (χ1n) is 37.1. The monoisotopic (exact) mass is 1560 g/mol. The highest BCUT2D eigenvalue weighted by Crippen LogP contribution is 2.34. The molecule has 0 N–H and O–H groups in total. The molecular formula is C75H116N8O21S3. The van der Waals surface area contributed by atoms with Crippen molar-refractivity contribution in [3.8, 4) is 0 Å². The maximum absolute atomic E-state index is 12.1. The molecule has 2 aliphatic carbocycles. The number of hydrogen-bond acceptors (Lipinski definition) is 31. The van der Waals surface area contributed by atoms with Crippen molar-refractivity contribution in [2.24, 2.45) is 11.8 Å². The maximum atomic E-state index is 12.1. The Morgan fingerprint density at radius 2 is 0.738 bits per heavy atom. The zero-order valence-corrected chi connectivity index (χ0v) is 66.2. The first-order valence-corrected chi connectivity index (χ1v) is 40.7. The molecule has 0 radical (unpaired) electrons. The van der Waals surface area contributed by atoms with E-state index in [9.17, 15) is 27.6 Å². The summed E-state index contributed by atoms with van der Waals surface area (Å²) in [5.41, 5.74) is 4.04. The Hall–Kier alpha value is -5.47. The van der Waals surface area contributed by atoms with Gasteiger partial charge in [-0.25, -0.2) is 39.1 Å². The molecular weight excluding hydrogens is 1450 g/mol. The van der Waals surface area contributed by atoms with Gasteiger partial charge in [-0.1, -0.05) is 38.1 Å².